The minimum Gasteiger partial charge on any atom is -0.0654 e. The van der Waals surface area contributed by atoms with E-state index < -0.39 is 0 Å². The minimum absolute atomic E-state index is 0.583. The molecule has 0 aliphatic carbocycles. The van der Waals surface area contributed by atoms with Gasteiger partial charge in [0.1, 0.15) is 0 Å². The normalized spacial score (nSPS) is 12.0. The van der Waals surface area contributed by atoms with Crippen LogP contribution < -0.4 is 0 Å². The van der Waals surface area contributed by atoms with Crippen LogP contribution >= 0.6 is 0 Å². The van der Waals surface area contributed by atoms with Gasteiger partial charge in [0.25, 0.3) is 0 Å². The molecule has 0 spiro atoms. The van der Waals surface area contributed by atoms with Gasteiger partial charge in [-0.15, -0.1) is 0 Å². The van der Waals surface area contributed by atoms with Gasteiger partial charge in [-0.25, -0.2) is 0 Å². The van der Waals surface area contributed by atoms with E-state index >= 15 is 0 Å². The predicted octanol–water partition coefficient (Wildman–Crippen LogP) is 11.8. The van der Waals surface area contributed by atoms with Gasteiger partial charge < -0.3 is 0 Å². The smallest absolute Gasteiger partial charge is 0.0354 e. The van der Waals surface area contributed by atoms with Crippen molar-refractivity contribution in [3.63, 3.8) is 0 Å². The van der Waals surface area contributed by atoms with Crippen LogP contribution in [0.15, 0.2) is 0 Å². The van der Waals surface area contributed by atoms with Crippen molar-refractivity contribution >= 4 is 0 Å². The maximum Gasteiger partial charge on any atom is -0.0354 e. The number of rotatable bonds is 25. The molecule has 0 unspecified atom stereocenters. The fraction of sp³-hybridized carbons (Fsp3) is 1.00. The van der Waals surface area contributed by atoms with E-state index in [0.29, 0.717) is 5.41 Å². The van der Waals surface area contributed by atoms with Gasteiger partial charge in [0.05, 0.1) is 0 Å². The second-order valence-electron chi connectivity index (χ2n) is 11.1. The van der Waals surface area contributed by atoms with Gasteiger partial charge in [-0.05, 0) is 18.3 Å². The second-order valence-corrected chi connectivity index (χ2v) is 11.1. The summed E-state index contributed by atoms with van der Waals surface area (Å²) < 4.78 is 0. The van der Waals surface area contributed by atoms with Crippen LogP contribution in [0.5, 0.6) is 0 Å². The molecule has 0 aromatic rings. The van der Waals surface area contributed by atoms with Gasteiger partial charge in [-0.2, -0.15) is 0 Å². The Balaban J connectivity index is 3.25. The van der Waals surface area contributed by atoms with Gasteiger partial charge in [-0.3, -0.25) is 0 Å². The number of hydrogen-bond acceptors (Lipinski definition) is 0. The fourth-order valence-electron chi connectivity index (χ4n) is 4.84. The molecule has 0 aliphatic heterocycles. The van der Waals surface area contributed by atoms with Crippen LogP contribution in [-0.4, -0.2) is 0 Å². The maximum absolute atomic E-state index is 2.51. The lowest BCUT2D eigenvalue weighted by molar-refractivity contribution is 0.282. The Kier molecular flexibility index (Phi) is 23.7. The van der Waals surface area contributed by atoms with Crippen LogP contribution in [0.2, 0.25) is 0 Å². The molecule has 0 aliphatic rings. The summed E-state index contributed by atoms with van der Waals surface area (Å²) in [6.45, 7) is 9.63. The molecule has 0 fully saturated rings. The van der Waals surface area contributed by atoms with E-state index in [2.05, 4.69) is 27.7 Å². The average molecular weight is 423 g/mol. The first-order valence-electron chi connectivity index (χ1n) is 14.6. The highest BCUT2D eigenvalue weighted by molar-refractivity contribution is 4.68. The van der Waals surface area contributed by atoms with Crippen molar-refractivity contribution in [2.24, 2.45) is 5.41 Å². The zero-order valence-corrected chi connectivity index (χ0v) is 22.2. The fourth-order valence-corrected chi connectivity index (χ4v) is 4.84. The van der Waals surface area contributed by atoms with Gasteiger partial charge in [0, 0.05) is 0 Å². The molecule has 0 N–H and O–H groups in total. The molecule has 0 aromatic carbocycles. The highest BCUT2D eigenvalue weighted by Crippen LogP contribution is 2.30. The third-order valence-corrected chi connectivity index (χ3v) is 7.16. The maximum atomic E-state index is 2.51. The lowest BCUT2D eigenvalue weighted by Crippen LogP contribution is -2.11. The van der Waals surface area contributed by atoms with Crippen molar-refractivity contribution in [3.8, 4) is 0 Å². The molecule has 0 saturated carbocycles. The van der Waals surface area contributed by atoms with Gasteiger partial charge >= 0.3 is 0 Å². The molecule has 0 rings (SSSR count). The summed E-state index contributed by atoms with van der Waals surface area (Å²) in [5.74, 6) is 0. The summed E-state index contributed by atoms with van der Waals surface area (Å²) in [5, 5.41) is 0. The molecule has 0 bridgehead atoms. The van der Waals surface area contributed by atoms with Crippen LogP contribution in [-0.2, 0) is 0 Å². The zero-order valence-electron chi connectivity index (χ0n) is 22.2. The van der Waals surface area contributed by atoms with Crippen LogP contribution in [0, 0.1) is 5.41 Å². The summed E-state index contributed by atoms with van der Waals surface area (Å²) in [6, 6.07) is 0. The van der Waals surface area contributed by atoms with Crippen LogP contribution in [0.1, 0.15) is 188 Å². The summed E-state index contributed by atoms with van der Waals surface area (Å²) in [7, 11) is 0. The van der Waals surface area contributed by atoms with E-state index in [9.17, 15) is 0 Å². The van der Waals surface area contributed by atoms with E-state index in [-0.39, 0.29) is 0 Å². The molecule has 0 aromatic heterocycles. The predicted molar refractivity (Wildman–Crippen MR) is 141 cm³/mol. The molecule has 182 valence electrons. The topological polar surface area (TPSA) is 0 Å². The van der Waals surface area contributed by atoms with Gasteiger partial charge in [0.15, 0.2) is 0 Å². The quantitative estimate of drug-likeness (QED) is 0.128. The highest BCUT2D eigenvalue weighted by atomic mass is 14.2. The molecular weight excluding hydrogens is 360 g/mol. The summed E-state index contributed by atoms with van der Waals surface area (Å²) in [6.07, 6.45) is 36.5. The Morgan fingerprint density at radius 2 is 0.500 bits per heavy atom. The number of hydrogen-bond donors (Lipinski definition) is 0. The van der Waals surface area contributed by atoms with Gasteiger partial charge in [-0.1, -0.05) is 175 Å². The first kappa shape index (κ1) is 30.0. The van der Waals surface area contributed by atoms with Gasteiger partial charge in [0.2, 0.25) is 0 Å². The van der Waals surface area contributed by atoms with Crippen molar-refractivity contribution in [1.82, 2.24) is 0 Å². The van der Waals surface area contributed by atoms with Crippen molar-refractivity contribution in [2.45, 2.75) is 188 Å². The first-order chi connectivity index (χ1) is 14.6. The van der Waals surface area contributed by atoms with Crippen molar-refractivity contribution in [3.05, 3.63) is 0 Å². The molecule has 0 saturated heterocycles. The monoisotopic (exact) mass is 422 g/mol. The Morgan fingerprint density at radius 3 is 0.733 bits per heavy atom. The lowest BCUT2D eigenvalue weighted by atomic mass is 9.82. The molecule has 0 nitrogen and oxygen atoms in total. The Labute approximate surface area is 193 Å². The van der Waals surface area contributed by atoms with E-state index in [1.54, 1.807) is 0 Å². The van der Waals surface area contributed by atoms with Crippen molar-refractivity contribution in [1.29, 1.82) is 0 Å². The molecule has 0 radical (unpaired) electrons. The highest BCUT2D eigenvalue weighted by Gasteiger charge is 2.16. The molecule has 0 heteroatoms. The zero-order chi connectivity index (χ0) is 22.2. The third kappa shape index (κ3) is 24.3. The minimum atomic E-state index is 0.583. The largest absolute Gasteiger partial charge is 0.0654 e. The summed E-state index contributed by atoms with van der Waals surface area (Å²) in [5.41, 5.74) is 0.583. The van der Waals surface area contributed by atoms with E-state index in [1.807, 2.05) is 0 Å². The first-order valence-corrected chi connectivity index (χ1v) is 14.6. The standard InChI is InChI=1S/C30H62/c1-5-7-9-11-13-14-15-16-17-18-19-20-21-23-25-27-29-30(3,4)28-26-24-22-12-10-8-6-2/h5-29H2,1-4H3. The molecule has 0 amide bonds. The number of unbranched alkanes of at least 4 members (excludes halogenated alkanes) is 21. The second kappa shape index (κ2) is 23.7. The van der Waals surface area contributed by atoms with Crippen molar-refractivity contribution < 1.29 is 0 Å². The molecule has 0 heterocycles. The van der Waals surface area contributed by atoms with Crippen molar-refractivity contribution in [2.75, 3.05) is 0 Å². The van der Waals surface area contributed by atoms with Crippen LogP contribution in [0.4, 0.5) is 0 Å². The Bertz CT molecular complexity index is 303. The molecule has 30 heavy (non-hydrogen) atoms. The van der Waals surface area contributed by atoms with E-state index in [0.717, 1.165) is 0 Å². The van der Waals surface area contributed by atoms with E-state index in [4.69, 9.17) is 0 Å². The van der Waals surface area contributed by atoms with E-state index in [1.165, 1.54) is 161 Å². The molecule has 0 atom stereocenters. The Hall–Kier alpha value is 0. The Morgan fingerprint density at radius 1 is 0.300 bits per heavy atom. The van der Waals surface area contributed by atoms with Crippen LogP contribution in [0.3, 0.4) is 0 Å². The average Bonchev–Trinajstić information content (AvgIpc) is 2.72. The third-order valence-electron chi connectivity index (χ3n) is 7.16. The lowest BCUT2D eigenvalue weighted by Gasteiger charge is -2.24. The summed E-state index contributed by atoms with van der Waals surface area (Å²) >= 11 is 0. The van der Waals surface area contributed by atoms with Crippen LogP contribution in [0.25, 0.3) is 0 Å². The molecular formula is C30H62. The SMILES string of the molecule is CCCCCCCCCCCCCCCCCCC(C)(C)CCCCCCCCC. The summed E-state index contributed by atoms with van der Waals surface area (Å²) in [4.78, 5) is 0.